The summed E-state index contributed by atoms with van der Waals surface area (Å²) in [5.74, 6) is -9.71. The minimum atomic E-state index is -3.53. The number of allylic oxidation sites excluding steroid dienone is 1. The van der Waals surface area contributed by atoms with Crippen LogP contribution in [-0.2, 0) is 73.1 Å². The number of fused-ring (bicyclic) bond motifs is 2. The molecule has 10 atom stereocenters. The number of methoxy groups -OCH3 is 1. The van der Waals surface area contributed by atoms with Crippen molar-refractivity contribution in [3.05, 3.63) is 60.2 Å². The van der Waals surface area contributed by atoms with Crippen LogP contribution < -0.4 is 0 Å². The fourth-order valence-electron chi connectivity index (χ4n) is 7.67. The van der Waals surface area contributed by atoms with Gasteiger partial charge in [-0.15, -0.1) is 0 Å². The molecule has 0 aromatic heterocycles. The van der Waals surface area contributed by atoms with Crippen LogP contribution in [0, 0.1) is 17.8 Å². The number of esters is 6. The summed E-state index contributed by atoms with van der Waals surface area (Å²) in [5, 5.41) is 13.0. The quantitative estimate of drug-likeness (QED) is 0.0774. The highest BCUT2D eigenvalue weighted by molar-refractivity contribution is 6.00. The molecule has 1 N–H and O–H groups in total. The molecule has 340 valence electrons. The molecular weight excluding hydrogens is 792 g/mol. The zero-order valence-electron chi connectivity index (χ0n) is 38.0. The third-order valence-electron chi connectivity index (χ3n) is 10.5. The normalized spacial score (nSPS) is 26.9. The van der Waals surface area contributed by atoms with Crippen LogP contribution in [0.4, 0.5) is 0 Å². The van der Waals surface area contributed by atoms with Gasteiger partial charge in [0.1, 0.15) is 17.3 Å². The number of aliphatic hydroxyl groups is 1. The summed E-state index contributed by atoms with van der Waals surface area (Å²) in [4.78, 5) is 82.9. The first kappa shape index (κ1) is 50.8. The number of carbonyl (C=O) groups is 6. The summed E-state index contributed by atoms with van der Waals surface area (Å²) in [6.07, 6.45) is -3.36. The van der Waals surface area contributed by atoms with Crippen molar-refractivity contribution in [2.75, 3.05) is 7.11 Å². The van der Waals surface area contributed by atoms with Gasteiger partial charge in [0, 0.05) is 32.3 Å². The van der Waals surface area contributed by atoms with Crippen LogP contribution in [0.3, 0.4) is 0 Å². The first-order chi connectivity index (χ1) is 28.2. The Bertz CT molecular complexity index is 1790. The SMILES string of the molecule is C=C(CC[C@]12O[C@H](C(=O)OC)[C@@](O)(C(=O)OC(C)(C)C)[C@](C(=O)OC(C)(C)C)(O1)[C@H](OC(=O)/C=C/[C@@H](C)C[C@@H](C)CC)[C@H]2OC(C)=O)[C@@H](OC(C)=O)[C@H](C)Cc1ccccc1. The minimum absolute atomic E-state index is 0.108. The number of rotatable bonds is 18. The van der Waals surface area contributed by atoms with Crippen molar-refractivity contribution in [2.24, 2.45) is 17.8 Å². The second-order valence-corrected chi connectivity index (χ2v) is 18.3. The Hall–Kier alpha value is -4.60. The predicted molar refractivity (Wildman–Crippen MR) is 221 cm³/mol. The van der Waals surface area contributed by atoms with E-state index in [1.54, 1.807) is 6.08 Å². The molecule has 0 unspecified atom stereocenters. The Morgan fingerprint density at radius 2 is 1.48 bits per heavy atom. The molecule has 2 fully saturated rings. The summed E-state index contributed by atoms with van der Waals surface area (Å²) in [6, 6.07) is 9.48. The van der Waals surface area contributed by atoms with Gasteiger partial charge in [-0.25, -0.2) is 19.2 Å². The molecule has 2 heterocycles. The molecule has 15 heteroatoms. The molecule has 0 saturated carbocycles. The van der Waals surface area contributed by atoms with Crippen LogP contribution in [0.2, 0.25) is 0 Å². The number of carbonyl (C=O) groups excluding carboxylic acids is 6. The molecule has 0 aliphatic carbocycles. The van der Waals surface area contributed by atoms with Gasteiger partial charge in [-0.3, -0.25) is 9.59 Å². The van der Waals surface area contributed by atoms with Crippen molar-refractivity contribution in [2.45, 2.75) is 168 Å². The maximum atomic E-state index is 15.0. The Morgan fingerprint density at radius 1 is 0.885 bits per heavy atom. The fourth-order valence-corrected chi connectivity index (χ4v) is 7.67. The van der Waals surface area contributed by atoms with Crippen molar-refractivity contribution >= 4 is 35.8 Å². The molecule has 2 bridgehead atoms. The Labute approximate surface area is 359 Å². The predicted octanol–water partition coefficient (Wildman–Crippen LogP) is 6.06. The summed E-state index contributed by atoms with van der Waals surface area (Å²) in [5.41, 5.74) is -8.19. The van der Waals surface area contributed by atoms with Gasteiger partial charge in [0.15, 0.2) is 12.2 Å². The number of hydrogen-bond acceptors (Lipinski definition) is 15. The summed E-state index contributed by atoms with van der Waals surface area (Å²) >= 11 is 0. The van der Waals surface area contributed by atoms with Gasteiger partial charge in [-0.1, -0.05) is 77.1 Å². The van der Waals surface area contributed by atoms with Crippen LogP contribution >= 0.6 is 0 Å². The van der Waals surface area contributed by atoms with E-state index >= 15 is 4.79 Å². The Kier molecular flexibility index (Phi) is 16.7. The standard InChI is InChI=1S/C46H66O15/c1-15-27(2)25-28(3)21-22-34(49)57-37-36(56-32(7)48)44(24-23-29(4)35(55-31(6)47)30(5)26-33-19-17-16-18-20-33)58-38(39(50)54-14)45(53,40(51)59-42(8,9)10)46(37,61-44)41(52)60-43(11,12)13/h16-22,27-28,30,35-38,53H,4,15,23-26H2,1-3,5-14H3/b22-21+/t27-,28+,30+,35+,36+,37+,38+,44-,45+,46-/m0/s1. The van der Waals surface area contributed by atoms with Crippen molar-refractivity contribution in [1.82, 2.24) is 0 Å². The number of ether oxygens (including phenoxy) is 8. The van der Waals surface area contributed by atoms with Crippen molar-refractivity contribution < 1.29 is 71.8 Å². The molecule has 0 amide bonds. The smallest absolute Gasteiger partial charge is 0.347 e. The van der Waals surface area contributed by atoms with Crippen LogP contribution in [0.15, 0.2) is 54.6 Å². The summed E-state index contributed by atoms with van der Waals surface area (Å²) in [7, 11) is 0.956. The van der Waals surface area contributed by atoms with Crippen LogP contribution in [0.5, 0.6) is 0 Å². The van der Waals surface area contributed by atoms with Crippen molar-refractivity contribution in [3.8, 4) is 0 Å². The molecule has 3 rings (SSSR count). The average molecular weight is 859 g/mol. The van der Waals surface area contributed by atoms with Gasteiger partial charge in [0.2, 0.25) is 17.5 Å². The molecular formula is C46H66O15. The first-order valence-electron chi connectivity index (χ1n) is 20.8. The van der Waals surface area contributed by atoms with Gasteiger partial charge in [-0.2, -0.15) is 0 Å². The lowest BCUT2D eigenvalue weighted by atomic mass is 9.74. The molecule has 1 aromatic rings. The zero-order valence-corrected chi connectivity index (χ0v) is 38.0. The number of benzene rings is 1. The second-order valence-electron chi connectivity index (χ2n) is 18.3. The average Bonchev–Trinajstić information content (AvgIpc) is 3.38. The monoisotopic (exact) mass is 858 g/mol. The zero-order chi connectivity index (χ0) is 46.3. The lowest BCUT2D eigenvalue weighted by Crippen LogP contribution is -2.79. The molecule has 2 aliphatic rings. The lowest BCUT2D eigenvalue weighted by molar-refractivity contribution is -0.377. The molecule has 1 aromatic carbocycles. The lowest BCUT2D eigenvalue weighted by Gasteiger charge is -2.50. The first-order valence-corrected chi connectivity index (χ1v) is 20.8. The van der Waals surface area contributed by atoms with E-state index in [1.165, 1.54) is 48.5 Å². The van der Waals surface area contributed by atoms with E-state index in [1.807, 2.05) is 51.1 Å². The van der Waals surface area contributed by atoms with Gasteiger partial charge < -0.3 is 43.0 Å². The topological polar surface area (TPSA) is 196 Å². The molecule has 15 nitrogen and oxygen atoms in total. The summed E-state index contributed by atoms with van der Waals surface area (Å²) < 4.78 is 47.0. The van der Waals surface area contributed by atoms with E-state index in [2.05, 4.69) is 13.5 Å². The summed E-state index contributed by atoms with van der Waals surface area (Å²) in [6.45, 7) is 23.3. The van der Waals surface area contributed by atoms with E-state index in [9.17, 15) is 29.1 Å². The molecule has 0 radical (unpaired) electrons. The largest absolute Gasteiger partial charge is 0.467 e. The maximum absolute atomic E-state index is 15.0. The van der Waals surface area contributed by atoms with Crippen molar-refractivity contribution in [3.63, 3.8) is 0 Å². The van der Waals surface area contributed by atoms with Crippen LogP contribution in [0.1, 0.15) is 114 Å². The van der Waals surface area contributed by atoms with Gasteiger partial charge in [0.25, 0.3) is 5.60 Å². The molecule has 0 spiro atoms. The van der Waals surface area contributed by atoms with Gasteiger partial charge >= 0.3 is 35.8 Å². The van der Waals surface area contributed by atoms with Gasteiger partial charge in [0.05, 0.1) is 7.11 Å². The Morgan fingerprint density at radius 3 is 2.00 bits per heavy atom. The molecule has 2 saturated heterocycles. The highest BCUT2D eigenvalue weighted by Crippen LogP contribution is 2.58. The van der Waals surface area contributed by atoms with E-state index in [-0.39, 0.29) is 18.3 Å². The van der Waals surface area contributed by atoms with Crippen LogP contribution in [-0.4, -0.2) is 101 Å². The number of hydrogen-bond donors (Lipinski definition) is 1. The van der Waals surface area contributed by atoms with E-state index in [0.717, 1.165) is 38.5 Å². The third kappa shape index (κ3) is 12.1. The third-order valence-corrected chi connectivity index (χ3v) is 10.5. The second kappa shape index (κ2) is 20.1. The highest BCUT2D eigenvalue weighted by atomic mass is 16.8. The molecule has 61 heavy (non-hydrogen) atoms. The molecule has 2 aliphatic heterocycles. The van der Waals surface area contributed by atoms with Gasteiger partial charge in [-0.05, 0) is 83.8 Å². The Balaban J connectivity index is 2.36. The van der Waals surface area contributed by atoms with E-state index in [4.69, 9.17) is 37.9 Å². The van der Waals surface area contributed by atoms with E-state index in [0.29, 0.717) is 17.9 Å². The van der Waals surface area contributed by atoms with E-state index < -0.39 is 94.8 Å². The van der Waals surface area contributed by atoms with Crippen molar-refractivity contribution in [1.29, 1.82) is 0 Å². The maximum Gasteiger partial charge on any atom is 0.347 e. The van der Waals surface area contributed by atoms with Crippen LogP contribution in [0.25, 0.3) is 0 Å². The minimum Gasteiger partial charge on any atom is -0.467 e. The fraction of sp³-hybridized carbons (Fsp3) is 0.652. The highest BCUT2D eigenvalue weighted by Gasteiger charge is 2.87.